The SMILES string of the molecule is Nc1nc(O)c(C2=c3ccc(Cl)cc3=NC2=O)s1. The number of hydrogen-bond donors (Lipinski definition) is 2. The van der Waals surface area contributed by atoms with E-state index >= 15 is 0 Å². The topological polar surface area (TPSA) is 88.6 Å². The maximum Gasteiger partial charge on any atom is 0.279 e. The first-order valence-corrected chi connectivity index (χ1v) is 6.14. The molecule has 1 aromatic carbocycles. The highest BCUT2D eigenvalue weighted by Gasteiger charge is 2.24. The first-order valence-electron chi connectivity index (χ1n) is 4.95. The molecule has 0 atom stereocenters. The van der Waals surface area contributed by atoms with E-state index in [-0.39, 0.29) is 11.0 Å². The lowest BCUT2D eigenvalue weighted by Crippen LogP contribution is -2.22. The van der Waals surface area contributed by atoms with Crippen LogP contribution in [0, 0.1) is 0 Å². The molecule has 0 fully saturated rings. The number of fused-ring (bicyclic) bond motifs is 1. The Morgan fingerprint density at radius 1 is 1.39 bits per heavy atom. The van der Waals surface area contributed by atoms with Crippen LogP contribution in [0.25, 0.3) is 5.57 Å². The van der Waals surface area contributed by atoms with Crippen LogP contribution >= 0.6 is 22.9 Å². The number of aromatic nitrogens is 1. The van der Waals surface area contributed by atoms with Gasteiger partial charge in [-0.25, -0.2) is 4.99 Å². The molecule has 1 aromatic heterocycles. The van der Waals surface area contributed by atoms with E-state index < -0.39 is 5.91 Å². The number of rotatable bonds is 1. The standard InChI is InChI=1S/C11H6ClN3O2S/c12-4-1-2-5-6(3-4)14-9(16)7(5)8-10(17)15-11(13)18-8/h1-3,17H,(H2,13,15). The van der Waals surface area contributed by atoms with Gasteiger partial charge in [0, 0.05) is 10.2 Å². The van der Waals surface area contributed by atoms with Crippen LogP contribution < -0.4 is 16.3 Å². The van der Waals surface area contributed by atoms with Crippen LogP contribution in [-0.2, 0) is 4.79 Å². The second kappa shape index (κ2) is 3.79. The maximum atomic E-state index is 11.9. The molecule has 0 radical (unpaired) electrons. The van der Waals surface area contributed by atoms with Gasteiger partial charge in [0.15, 0.2) is 5.13 Å². The van der Waals surface area contributed by atoms with E-state index in [4.69, 9.17) is 17.3 Å². The van der Waals surface area contributed by atoms with E-state index in [0.717, 1.165) is 11.3 Å². The molecule has 0 aliphatic carbocycles. The Morgan fingerprint density at radius 2 is 2.17 bits per heavy atom. The van der Waals surface area contributed by atoms with Crippen LogP contribution in [0.5, 0.6) is 5.88 Å². The minimum atomic E-state index is -0.425. The van der Waals surface area contributed by atoms with Gasteiger partial charge in [-0.3, -0.25) is 4.79 Å². The number of carbonyl (C=O) groups excluding carboxylic acids is 1. The molecule has 1 aliphatic heterocycles. The van der Waals surface area contributed by atoms with Crippen molar-refractivity contribution in [1.29, 1.82) is 0 Å². The minimum absolute atomic E-state index is 0.199. The molecule has 2 heterocycles. The average Bonchev–Trinajstić information content (AvgIpc) is 2.77. The number of anilines is 1. The molecule has 3 rings (SSSR count). The van der Waals surface area contributed by atoms with Gasteiger partial charge < -0.3 is 10.8 Å². The Bertz CT molecular complexity index is 797. The summed E-state index contributed by atoms with van der Waals surface area (Å²) in [6, 6.07) is 4.95. The lowest BCUT2D eigenvalue weighted by molar-refractivity contribution is -0.112. The predicted octanol–water partition coefficient (Wildman–Crippen LogP) is 0.443. The third-order valence-corrected chi connectivity index (χ3v) is 3.64. The molecule has 90 valence electrons. The summed E-state index contributed by atoms with van der Waals surface area (Å²) in [7, 11) is 0. The van der Waals surface area contributed by atoms with Gasteiger partial charge in [0.05, 0.1) is 10.9 Å². The number of nitrogens with zero attached hydrogens (tertiary/aromatic N) is 2. The summed E-state index contributed by atoms with van der Waals surface area (Å²) in [5.74, 6) is -0.676. The second-order valence-electron chi connectivity index (χ2n) is 3.66. The molecule has 0 unspecified atom stereocenters. The van der Waals surface area contributed by atoms with Crippen molar-refractivity contribution in [3.63, 3.8) is 0 Å². The highest BCUT2D eigenvalue weighted by molar-refractivity contribution is 7.17. The van der Waals surface area contributed by atoms with Crippen LogP contribution in [0.3, 0.4) is 0 Å². The molecule has 0 saturated heterocycles. The number of nitrogens with two attached hydrogens (primary N) is 1. The molecule has 1 amide bonds. The average molecular weight is 280 g/mol. The van der Waals surface area contributed by atoms with Crippen molar-refractivity contribution in [2.24, 2.45) is 4.99 Å². The molecule has 18 heavy (non-hydrogen) atoms. The van der Waals surface area contributed by atoms with Crippen LogP contribution in [0.2, 0.25) is 5.02 Å². The Labute approximate surface area is 110 Å². The largest absolute Gasteiger partial charge is 0.492 e. The van der Waals surface area contributed by atoms with Crippen molar-refractivity contribution in [1.82, 2.24) is 4.98 Å². The molecule has 5 nitrogen and oxygen atoms in total. The Hall–Kier alpha value is -1.92. The van der Waals surface area contributed by atoms with Gasteiger partial charge in [-0.1, -0.05) is 29.0 Å². The fourth-order valence-corrected chi connectivity index (χ4v) is 2.74. The zero-order valence-electron chi connectivity index (χ0n) is 8.85. The number of halogens is 1. The van der Waals surface area contributed by atoms with E-state index in [1.54, 1.807) is 18.2 Å². The molecule has 7 heteroatoms. The first kappa shape index (κ1) is 11.2. The molecule has 3 N–H and O–H groups in total. The summed E-state index contributed by atoms with van der Waals surface area (Å²) < 4.78 is 0. The second-order valence-corrected chi connectivity index (χ2v) is 5.13. The molecular formula is C11H6ClN3O2S. The maximum absolute atomic E-state index is 11.9. The zero-order chi connectivity index (χ0) is 12.9. The van der Waals surface area contributed by atoms with Crippen molar-refractivity contribution >= 4 is 39.5 Å². The normalized spacial score (nSPS) is 13.6. The number of thiazole rings is 1. The zero-order valence-corrected chi connectivity index (χ0v) is 10.4. The summed E-state index contributed by atoms with van der Waals surface area (Å²) in [5, 5.41) is 11.5. The molecule has 0 bridgehead atoms. The minimum Gasteiger partial charge on any atom is -0.492 e. The number of benzene rings is 1. The molecule has 1 aliphatic rings. The monoisotopic (exact) mass is 279 g/mol. The molecule has 0 saturated carbocycles. The van der Waals surface area contributed by atoms with Crippen molar-refractivity contribution in [2.45, 2.75) is 0 Å². The Balaban J connectivity index is 2.39. The fraction of sp³-hybridized carbons (Fsp3) is 0. The van der Waals surface area contributed by atoms with Gasteiger partial charge in [-0.2, -0.15) is 4.98 Å². The fourth-order valence-electron chi connectivity index (χ4n) is 1.80. The number of nitrogen functional groups attached to an aromatic ring is 1. The van der Waals surface area contributed by atoms with Crippen LogP contribution in [-0.4, -0.2) is 16.0 Å². The summed E-state index contributed by atoms with van der Waals surface area (Å²) in [5.41, 5.74) is 5.82. The number of aromatic hydroxyl groups is 1. The van der Waals surface area contributed by atoms with Crippen molar-refractivity contribution in [3.8, 4) is 5.88 Å². The molecule has 2 aromatic rings. The van der Waals surface area contributed by atoms with Crippen LogP contribution in [0.4, 0.5) is 5.13 Å². The first-order chi connectivity index (χ1) is 8.56. The van der Waals surface area contributed by atoms with Crippen LogP contribution in [0.1, 0.15) is 4.88 Å². The summed E-state index contributed by atoms with van der Waals surface area (Å²) in [4.78, 5) is 19.8. The van der Waals surface area contributed by atoms with Gasteiger partial charge in [0.1, 0.15) is 4.88 Å². The van der Waals surface area contributed by atoms with E-state index in [0.29, 0.717) is 26.0 Å². The van der Waals surface area contributed by atoms with Gasteiger partial charge in [-0.15, -0.1) is 0 Å². The third kappa shape index (κ3) is 1.58. The Kier molecular flexibility index (Phi) is 2.36. The molecular weight excluding hydrogens is 274 g/mol. The van der Waals surface area contributed by atoms with E-state index in [9.17, 15) is 9.90 Å². The lowest BCUT2D eigenvalue weighted by atomic mass is 10.1. The number of amides is 1. The highest BCUT2D eigenvalue weighted by Crippen LogP contribution is 2.32. The van der Waals surface area contributed by atoms with E-state index in [1.165, 1.54) is 0 Å². The summed E-state index contributed by atoms with van der Waals surface area (Å²) >= 11 is 6.89. The van der Waals surface area contributed by atoms with E-state index in [2.05, 4.69) is 9.98 Å². The van der Waals surface area contributed by atoms with Gasteiger partial charge in [-0.05, 0) is 12.1 Å². The molecule has 0 spiro atoms. The van der Waals surface area contributed by atoms with Gasteiger partial charge in [0.2, 0.25) is 5.88 Å². The van der Waals surface area contributed by atoms with Crippen molar-refractivity contribution in [2.75, 3.05) is 5.73 Å². The number of carbonyl (C=O) groups is 1. The van der Waals surface area contributed by atoms with Crippen molar-refractivity contribution < 1.29 is 9.90 Å². The van der Waals surface area contributed by atoms with Crippen LogP contribution in [0.15, 0.2) is 23.2 Å². The lowest BCUT2D eigenvalue weighted by Gasteiger charge is -1.95. The van der Waals surface area contributed by atoms with E-state index in [1.807, 2.05) is 0 Å². The Morgan fingerprint density at radius 3 is 2.83 bits per heavy atom. The summed E-state index contributed by atoms with van der Waals surface area (Å²) in [6.07, 6.45) is 0. The van der Waals surface area contributed by atoms with Gasteiger partial charge >= 0.3 is 0 Å². The predicted molar refractivity (Wildman–Crippen MR) is 67.9 cm³/mol. The quantitative estimate of drug-likeness (QED) is 0.793. The smallest absolute Gasteiger partial charge is 0.279 e. The van der Waals surface area contributed by atoms with Crippen molar-refractivity contribution in [3.05, 3.63) is 38.7 Å². The third-order valence-electron chi connectivity index (χ3n) is 2.52. The van der Waals surface area contributed by atoms with Gasteiger partial charge in [0.25, 0.3) is 5.91 Å². The number of hydrogen-bond acceptors (Lipinski definition) is 5. The summed E-state index contributed by atoms with van der Waals surface area (Å²) in [6.45, 7) is 0. The highest BCUT2D eigenvalue weighted by atomic mass is 35.5.